The maximum atomic E-state index is 13.6. The number of halogens is 2. The Kier molecular flexibility index (Phi) is 4.02. The van der Waals surface area contributed by atoms with Gasteiger partial charge in [0.1, 0.15) is 5.82 Å². The number of hydrogen-bond acceptors (Lipinski definition) is 4. The van der Waals surface area contributed by atoms with E-state index in [1.807, 2.05) is 13.8 Å². The topological polar surface area (TPSA) is 60.2 Å². The van der Waals surface area contributed by atoms with Crippen LogP contribution in [0.5, 0.6) is 5.88 Å². The second-order valence-electron chi connectivity index (χ2n) is 4.48. The fourth-order valence-electron chi connectivity index (χ4n) is 1.58. The van der Waals surface area contributed by atoms with Gasteiger partial charge in [-0.1, -0.05) is 6.07 Å². The summed E-state index contributed by atoms with van der Waals surface area (Å²) in [7, 11) is 0. The summed E-state index contributed by atoms with van der Waals surface area (Å²) >= 11 is 0. The van der Waals surface area contributed by atoms with E-state index < -0.39 is 11.6 Å². The summed E-state index contributed by atoms with van der Waals surface area (Å²) in [6.45, 7) is 3.68. The predicted octanol–water partition coefficient (Wildman–Crippen LogP) is 3.47. The van der Waals surface area contributed by atoms with Crippen LogP contribution < -0.4 is 15.8 Å². The molecule has 106 valence electrons. The van der Waals surface area contributed by atoms with Gasteiger partial charge in [-0.05, 0) is 38.1 Å². The fraction of sp³-hybridized carbons (Fsp3) is 0.214. The molecule has 0 aliphatic heterocycles. The number of rotatable bonds is 4. The minimum Gasteiger partial charge on any atom is -0.473 e. The summed E-state index contributed by atoms with van der Waals surface area (Å²) in [5.74, 6) is -1.32. The Morgan fingerprint density at radius 2 is 1.95 bits per heavy atom. The monoisotopic (exact) mass is 279 g/mol. The van der Waals surface area contributed by atoms with Gasteiger partial charge >= 0.3 is 0 Å². The van der Waals surface area contributed by atoms with Crippen molar-refractivity contribution in [1.82, 2.24) is 4.98 Å². The van der Waals surface area contributed by atoms with E-state index >= 15 is 0 Å². The Morgan fingerprint density at radius 3 is 2.65 bits per heavy atom. The van der Waals surface area contributed by atoms with E-state index in [-0.39, 0.29) is 17.7 Å². The second kappa shape index (κ2) is 5.73. The van der Waals surface area contributed by atoms with Crippen LogP contribution in [0.2, 0.25) is 0 Å². The standard InChI is InChI=1S/C14H15F2N3O/c1-8(2)20-14-10(17)6-7-12(19-14)18-11-5-3-4-9(15)13(11)16/h3-8H,17H2,1-2H3,(H,18,19). The molecule has 0 atom stereocenters. The molecule has 0 spiro atoms. The first kappa shape index (κ1) is 14.0. The van der Waals surface area contributed by atoms with Crippen molar-refractivity contribution in [2.24, 2.45) is 0 Å². The molecule has 3 N–H and O–H groups in total. The zero-order valence-corrected chi connectivity index (χ0v) is 11.2. The van der Waals surface area contributed by atoms with Crippen LogP contribution in [-0.2, 0) is 0 Å². The average Bonchev–Trinajstić information content (AvgIpc) is 2.38. The smallest absolute Gasteiger partial charge is 0.239 e. The zero-order valence-electron chi connectivity index (χ0n) is 11.2. The molecule has 0 saturated heterocycles. The van der Waals surface area contributed by atoms with Crippen molar-refractivity contribution in [3.63, 3.8) is 0 Å². The molecule has 2 aromatic rings. The molecule has 2 rings (SSSR count). The van der Waals surface area contributed by atoms with E-state index in [0.717, 1.165) is 6.07 Å². The molecule has 0 aliphatic rings. The lowest BCUT2D eigenvalue weighted by molar-refractivity contribution is 0.234. The molecular weight excluding hydrogens is 264 g/mol. The van der Waals surface area contributed by atoms with Gasteiger partial charge in [-0.25, -0.2) is 8.78 Å². The van der Waals surface area contributed by atoms with Gasteiger partial charge in [0, 0.05) is 0 Å². The molecule has 0 unspecified atom stereocenters. The van der Waals surface area contributed by atoms with Gasteiger partial charge in [0.05, 0.1) is 17.5 Å². The van der Waals surface area contributed by atoms with Crippen molar-refractivity contribution in [2.45, 2.75) is 20.0 Å². The van der Waals surface area contributed by atoms with Crippen molar-refractivity contribution < 1.29 is 13.5 Å². The normalized spacial score (nSPS) is 10.7. The minimum absolute atomic E-state index is 0.00207. The molecule has 0 aliphatic carbocycles. The number of nitrogens with two attached hydrogens (primary N) is 1. The van der Waals surface area contributed by atoms with Crippen LogP contribution in [0.3, 0.4) is 0 Å². The number of nitrogens with one attached hydrogen (secondary N) is 1. The van der Waals surface area contributed by atoms with E-state index in [0.29, 0.717) is 11.5 Å². The minimum atomic E-state index is -0.961. The van der Waals surface area contributed by atoms with Gasteiger partial charge in [-0.2, -0.15) is 4.98 Å². The number of nitrogens with zero attached hydrogens (tertiary/aromatic N) is 1. The third-order valence-corrected chi connectivity index (χ3v) is 2.45. The summed E-state index contributed by atoms with van der Waals surface area (Å²) in [6, 6.07) is 7.02. The third-order valence-electron chi connectivity index (χ3n) is 2.45. The molecule has 0 radical (unpaired) electrons. The van der Waals surface area contributed by atoms with Gasteiger partial charge in [0.25, 0.3) is 0 Å². The number of anilines is 3. The summed E-state index contributed by atoms with van der Waals surface area (Å²) in [5.41, 5.74) is 6.11. The van der Waals surface area contributed by atoms with Gasteiger partial charge in [-0.15, -0.1) is 0 Å². The summed E-state index contributed by atoms with van der Waals surface area (Å²) in [4.78, 5) is 4.13. The first-order valence-electron chi connectivity index (χ1n) is 6.11. The van der Waals surface area contributed by atoms with Crippen molar-refractivity contribution in [3.05, 3.63) is 42.0 Å². The van der Waals surface area contributed by atoms with Crippen molar-refractivity contribution >= 4 is 17.2 Å². The van der Waals surface area contributed by atoms with Crippen LogP contribution >= 0.6 is 0 Å². The number of benzene rings is 1. The lowest BCUT2D eigenvalue weighted by Crippen LogP contribution is -2.10. The van der Waals surface area contributed by atoms with Crippen LogP contribution in [0.4, 0.5) is 26.0 Å². The first-order chi connectivity index (χ1) is 9.47. The Hall–Kier alpha value is -2.37. The number of pyridine rings is 1. The van der Waals surface area contributed by atoms with E-state index in [1.165, 1.54) is 12.1 Å². The first-order valence-corrected chi connectivity index (χ1v) is 6.11. The number of ether oxygens (including phenoxy) is 1. The summed E-state index contributed by atoms with van der Waals surface area (Å²) in [5, 5.41) is 2.69. The highest BCUT2D eigenvalue weighted by atomic mass is 19.2. The van der Waals surface area contributed by atoms with E-state index in [4.69, 9.17) is 10.5 Å². The lowest BCUT2D eigenvalue weighted by Gasteiger charge is -2.13. The number of aromatic nitrogens is 1. The highest BCUT2D eigenvalue weighted by Gasteiger charge is 2.10. The van der Waals surface area contributed by atoms with E-state index in [9.17, 15) is 8.78 Å². The van der Waals surface area contributed by atoms with Crippen LogP contribution in [-0.4, -0.2) is 11.1 Å². The quantitative estimate of drug-likeness (QED) is 0.899. The second-order valence-corrected chi connectivity index (χ2v) is 4.48. The molecule has 1 heterocycles. The maximum Gasteiger partial charge on any atom is 0.239 e. The summed E-state index contributed by atoms with van der Waals surface area (Å²) < 4.78 is 32.1. The average molecular weight is 279 g/mol. The molecular formula is C14H15F2N3O. The molecule has 0 bridgehead atoms. The molecule has 1 aromatic heterocycles. The Morgan fingerprint density at radius 1 is 1.20 bits per heavy atom. The molecule has 1 aromatic carbocycles. The van der Waals surface area contributed by atoms with Crippen molar-refractivity contribution in [3.8, 4) is 5.88 Å². The summed E-state index contributed by atoms with van der Waals surface area (Å²) in [6.07, 6.45) is -0.0917. The maximum absolute atomic E-state index is 13.6. The van der Waals surface area contributed by atoms with Crippen LogP contribution in [0.25, 0.3) is 0 Å². The highest BCUT2D eigenvalue weighted by Crippen LogP contribution is 2.25. The largest absolute Gasteiger partial charge is 0.473 e. The lowest BCUT2D eigenvalue weighted by atomic mass is 10.3. The third kappa shape index (κ3) is 3.14. The van der Waals surface area contributed by atoms with Crippen LogP contribution in [0, 0.1) is 11.6 Å². The van der Waals surface area contributed by atoms with Gasteiger partial charge in [0.15, 0.2) is 11.6 Å². The highest BCUT2D eigenvalue weighted by molar-refractivity contribution is 5.61. The fourth-order valence-corrected chi connectivity index (χ4v) is 1.58. The molecule has 0 fully saturated rings. The molecule has 20 heavy (non-hydrogen) atoms. The van der Waals surface area contributed by atoms with Gasteiger partial charge in [0.2, 0.25) is 5.88 Å². The molecule has 0 amide bonds. The van der Waals surface area contributed by atoms with Crippen molar-refractivity contribution in [2.75, 3.05) is 11.1 Å². The number of hydrogen-bond donors (Lipinski definition) is 2. The Balaban J connectivity index is 2.27. The molecule has 6 heteroatoms. The SMILES string of the molecule is CC(C)Oc1nc(Nc2cccc(F)c2F)ccc1N. The molecule has 4 nitrogen and oxygen atoms in total. The van der Waals surface area contributed by atoms with Crippen molar-refractivity contribution in [1.29, 1.82) is 0 Å². The van der Waals surface area contributed by atoms with Gasteiger partial charge < -0.3 is 15.8 Å². The van der Waals surface area contributed by atoms with Crippen LogP contribution in [0.1, 0.15) is 13.8 Å². The Bertz CT molecular complexity index is 617. The Labute approximate surface area is 115 Å². The predicted molar refractivity (Wildman–Crippen MR) is 74.1 cm³/mol. The van der Waals surface area contributed by atoms with Gasteiger partial charge in [-0.3, -0.25) is 0 Å². The van der Waals surface area contributed by atoms with Crippen LogP contribution in [0.15, 0.2) is 30.3 Å². The zero-order chi connectivity index (χ0) is 14.7. The number of nitrogen functional groups attached to an aromatic ring is 1. The van der Waals surface area contributed by atoms with E-state index in [1.54, 1.807) is 12.1 Å². The van der Waals surface area contributed by atoms with E-state index in [2.05, 4.69) is 10.3 Å². The molecule has 0 saturated carbocycles.